The number of ether oxygens (including phenoxy) is 2. The highest BCUT2D eigenvalue weighted by Crippen LogP contribution is 2.26. The summed E-state index contributed by atoms with van der Waals surface area (Å²) >= 11 is 8.62. The molecule has 2 aromatic rings. The Morgan fingerprint density at radius 3 is 2.43 bits per heavy atom. The van der Waals surface area contributed by atoms with Gasteiger partial charge in [-0.15, -0.1) is 0 Å². The summed E-state index contributed by atoms with van der Waals surface area (Å²) in [5.41, 5.74) is 1.71. The molecule has 30 heavy (non-hydrogen) atoms. The molecule has 0 bridgehead atoms. The Labute approximate surface area is 188 Å². The monoisotopic (exact) mass is 491 g/mol. The average molecular weight is 492 g/mol. The van der Waals surface area contributed by atoms with Crippen LogP contribution < -0.4 is 15.4 Å². The van der Waals surface area contributed by atoms with E-state index < -0.39 is 0 Å². The summed E-state index contributed by atoms with van der Waals surface area (Å²) in [6, 6.07) is 12.0. The summed E-state index contributed by atoms with van der Waals surface area (Å²) in [6.07, 6.45) is 0. The van der Waals surface area contributed by atoms with Gasteiger partial charge in [-0.25, -0.2) is 0 Å². The Morgan fingerprint density at radius 1 is 1.13 bits per heavy atom. The van der Waals surface area contributed by atoms with Crippen molar-refractivity contribution in [3.63, 3.8) is 0 Å². The van der Waals surface area contributed by atoms with Gasteiger partial charge in [0.25, 0.3) is 11.8 Å². The Hall–Kier alpha value is -2.49. The molecule has 1 heterocycles. The standard InChI is InChI=1S/C21H22BrN3O4S/c1-2-29-18-8-5-15(13-17(18)22)19(26)24-21(30)23-16-6-3-14(4-7-16)20(27)25-9-11-28-12-10-25/h3-8,13H,2,9-12H2,1H3,(H2,23,24,26,30). The van der Waals surface area contributed by atoms with Crippen molar-refractivity contribution in [1.82, 2.24) is 10.2 Å². The number of thiocarbonyl (C=S) groups is 1. The van der Waals surface area contributed by atoms with Crippen LogP contribution >= 0.6 is 28.1 Å². The van der Waals surface area contributed by atoms with Crippen molar-refractivity contribution in [1.29, 1.82) is 0 Å². The fraction of sp³-hybridized carbons (Fsp3) is 0.286. The molecular formula is C21H22BrN3O4S. The zero-order valence-electron chi connectivity index (χ0n) is 16.4. The average Bonchev–Trinajstić information content (AvgIpc) is 2.76. The van der Waals surface area contributed by atoms with Gasteiger partial charge in [-0.2, -0.15) is 0 Å². The first-order valence-corrected chi connectivity index (χ1v) is 10.7. The van der Waals surface area contributed by atoms with E-state index in [4.69, 9.17) is 21.7 Å². The number of hydrogen-bond donors (Lipinski definition) is 2. The molecule has 0 unspecified atom stereocenters. The summed E-state index contributed by atoms with van der Waals surface area (Å²) in [6.45, 7) is 4.74. The largest absolute Gasteiger partial charge is 0.493 e. The van der Waals surface area contributed by atoms with Crippen LogP contribution in [0.4, 0.5) is 5.69 Å². The maximum Gasteiger partial charge on any atom is 0.257 e. The number of halogens is 1. The van der Waals surface area contributed by atoms with Gasteiger partial charge >= 0.3 is 0 Å². The number of nitrogens with zero attached hydrogens (tertiary/aromatic N) is 1. The van der Waals surface area contributed by atoms with E-state index in [1.807, 2.05) is 6.92 Å². The maximum absolute atomic E-state index is 12.5. The molecule has 7 nitrogen and oxygen atoms in total. The van der Waals surface area contributed by atoms with E-state index in [9.17, 15) is 9.59 Å². The molecule has 1 saturated heterocycles. The van der Waals surface area contributed by atoms with E-state index in [0.29, 0.717) is 59.9 Å². The minimum atomic E-state index is -0.338. The molecule has 1 aliphatic heterocycles. The SMILES string of the molecule is CCOc1ccc(C(=O)NC(=S)Nc2ccc(C(=O)N3CCOCC3)cc2)cc1Br. The van der Waals surface area contributed by atoms with Crippen molar-refractivity contribution >= 4 is 50.8 Å². The van der Waals surface area contributed by atoms with Crippen LogP contribution in [0.2, 0.25) is 0 Å². The second-order valence-corrected chi connectivity index (χ2v) is 7.73. The third-order valence-electron chi connectivity index (χ3n) is 4.41. The lowest BCUT2D eigenvalue weighted by molar-refractivity contribution is 0.0303. The molecule has 0 aromatic heterocycles. The summed E-state index contributed by atoms with van der Waals surface area (Å²) in [7, 11) is 0. The first-order chi connectivity index (χ1) is 14.5. The first-order valence-electron chi connectivity index (χ1n) is 9.49. The number of anilines is 1. The predicted molar refractivity (Wildman–Crippen MR) is 122 cm³/mol. The first kappa shape index (κ1) is 22.2. The molecule has 0 saturated carbocycles. The molecule has 1 fully saturated rings. The van der Waals surface area contributed by atoms with Crippen LogP contribution in [-0.4, -0.2) is 54.7 Å². The lowest BCUT2D eigenvalue weighted by Crippen LogP contribution is -2.40. The number of morpholine rings is 1. The van der Waals surface area contributed by atoms with Gasteiger partial charge in [-0.3, -0.25) is 14.9 Å². The maximum atomic E-state index is 12.5. The Morgan fingerprint density at radius 2 is 1.80 bits per heavy atom. The summed E-state index contributed by atoms with van der Waals surface area (Å²) < 4.78 is 11.4. The molecule has 158 valence electrons. The predicted octanol–water partition coefficient (Wildman–Crippen LogP) is 3.45. The smallest absolute Gasteiger partial charge is 0.257 e. The Kier molecular flexibility index (Phi) is 7.78. The van der Waals surface area contributed by atoms with E-state index in [-0.39, 0.29) is 16.9 Å². The second-order valence-electron chi connectivity index (χ2n) is 6.47. The molecule has 9 heteroatoms. The molecule has 0 atom stereocenters. The lowest BCUT2D eigenvalue weighted by atomic mass is 10.1. The van der Waals surface area contributed by atoms with Crippen LogP contribution in [0.25, 0.3) is 0 Å². The van der Waals surface area contributed by atoms with Crippen LogP contribution in [0, 0.1) is 0 Å². The fourth-order valence-electron chi connectivity index (χ4n) is 2.90. The van der Waals surface area contributed by atoms with Crippen LogP contribution in [0.1, 0.15) is 27.6 Å². The fourth-order valence-corrected chi connectivity index (χ4v) is 3.60. The van der Waals surface area contributed by atoms with Crippen LogP contribution in [0.3, 0.4) is 0 Å². The Balaban J connectivity index is 1.56. The zero-order valence-corrected chi connectivity index (χ0v) is 18.8. The molecule has 2 N–H and O–H groups in total. The number of carbonyl (C=O) groups is 2. The highest BCUT2D eigenvalue weighted by Gasteiger charge is 2.18. The van der Waals surface area contributed by atoms with Crippen molar-refractivity contribution in [2.24, 2.45) is 0 Å². The zero-order chi connectivity index (χ0) is 21.5. The molecule has 0 radical (unpaired) electrons. The molecule has 0 aliphatic carbocycles. The van der Waals surface area contributed by atoms with Crippen molar-refractivity contribution in [2.75, 3.05) is 38.2 Å². The normalized spacial score (nSPS) is 13.5. The quantitative estimate of drug-likeness (QED) is 0.623. The number of nitrogens with one attached hydrogen (secondary N) is 2. The molecule has 3 rings (SSSR count). The number of rotatable bonds is 5. The second kappa shape index (κ2) is 10.5. The van der Waals surface area contributed by atoms with Gasteiger partial charge in [0.15, 0.2) is 5.11 Å². The molecule has 1 aliphatic rings. The highest BCUT2D eigenvalue weighted by molar-refractivity contribution is 9.10. The van der Waals surface area contributed by atoms with E-state index >= 15 is 0 Å². The topological polar surface area (TPSA) is 79.9 Å². The van der Waals surface area contributed by atoms with Gasteiger partial charge in [0.2, 0.25) is 0 Å². The highest BCUT2D eigenvalue weighted by atomic mass is 79.9. The van der Waals surface area contributed by atoms with Gasteiger partial charge in [-0.05, 0) is 77.5 Å². The van der Waals surface area contributed by atoms with Gasteiger partial charge in [0, 0.05) is 29.9 Å². The van der Waals surface area contributed by atoms with E-state index in [2.05, 4.69) is 26.6 Å². The van der Waals surface area contributed by atoms with Crippen LogP contribution in [0.15, 0.2) is 46.9 Å². The summed E-state index contributed by atoms with van der Waals surface area (Å²) in [5.74, 6) is 0.304. The molecular weight excluding hydrogens is 470 g/mol. The minimum absolute atomic E-state index is 0.0261. The number of carbonyl (C=O) groups excluding carboxylic acids is 2. The lowest BCUT2D eigenvalue weighted by Gasteiger charge is -2.26. The number of benzene rings is 2. The van der Waals surface area contributed by atoms with Gasteiger partial charge in [0.05, 0.1) is 24.3 Å². The molecule has 0 spiro atoms. The number of hydrogen-bond acceptors (Lipinski definition) is 5. The van der Waals surface area contributed by atoms with Gasteiger partial charge in [-0.1, -0.05) is 0 Å². The van der Waals surface area contributed by atoms with Crippen molar-refractivity contribution < 1.29 is 19.1 Å². The molecule has 2 aromatic carbocycles. The van der Waals surface area contributed by atoms with Crippen LogP contribution in [0.5, 0.6) is 5.75 Å². The third-order valence-corrected chi connectivity index (χ3v) is 5.23. The Bertz CT molecular complexity index is 930. The summed E-state index contributed by atoms with van der Waals surface area (Å²) in [4.78, 5) is 26.7. The van der Waals surface area contributed by atoms with Gasteiger partial charge < -0.3 is 19.7 Å². The van der Waals surface area contributed by atoms with E-state index in [1.54, 1.807) is 47.4 Å². The van der Waals surface area contributed by atoms with E-state index in [1.165, 1.54) is 0 Å². The minimum Gasteiger partial charge on any atom is -0.493 e. The van der Waals surface area contributed by atoms with E-state index in [0.717, 1.165) is 0 Å². The summed E-state index contributed by atoms with van der Waals surface area (Å²) in [5, 5.41) is 5.76. The number of amides is 2. The van der Waals surface area contributed by atoms with Gasteiger partial charge in [0.1, 0.15) is 5.75 Å². The van der Waals surface area contributed by atoms with Crippen molar-refractivity contribution in [3.8, 4) is 5.75 Å². The van der Waals surface area contributed by atoms with Crippen molar-refractivity contribution in [3.05, 3.63) is 58.1 Å². The third kappa shape index (κ3) is 5.78. The molecule has 2 amide bonds. The van der Waals surface area contributed by atoms with Crippen molar-refractivity contribution in [2.45, 2.75) is 6.92 Å². The van der Waals surface area contributed by atoms with Crippen LogP contribution in [-0.2, 0) is 4.74 Å².